The number of nitrogens with zero attached hydrogens (tertiary/aromatic N) is 2. The van der Waals surface area contributed by atoms with Gasteiger partial charge in [0.05, 0.1) is 24.1 Å². The third-order valence-electron chi connectivity index (χ3n) is 4.13. The molecule has 1 aromatic carbocycles. The van der Waals surface area contributed by atoms with Crippen LogP contribution in [0.1, 0.15) is 12.8 Å². The molecule has 2 aliphatic rings. The van der Waals surface area contributed by atoms with Crippen molar-refractivity contribution in [3.05, 3.63) is 34.7 Å². The highest BCUT2D eigenvalue weighted by Crippen LogP contribution is 2.32. The molecule has 6 nitrogen and oxygen atoms in total. The van der Waals surface area contributed by atoms with Gasteiger partial charge in [0.25, 0.3) is 0 Å². The molecule has 1 spiro atoms. The molecule has 0 radical (unpaired) electrons. The summed E-state index contributed by atoms with van der Waals surface area (Å²) < 4.78 is 16.8. The molecule has 0 atom stereocenters. The Kier molecular flexibility index (Phi) is 2.94. The van der Waals surface area contributed by atoms with E-state index in [1.165, 1.54) is 0 Å². The topological polar surface area (TPSA) is 64.8 Å². The second kappa shape index (κ2) is 4.82. The van der Waals surface area contributed by atoms with Crippen LogP contribution in [0.4, 0.5) is 6.01 Å². The van der Waals surface area contributed by atoms with Gasteiger partial charge in [0.1, 0.15) is 0 Å². The van der Waals surface area contributed by atoms with E-state index in [4.69, 9.17) is 13.9 Å². The molecule has 0 unspecified atom stereocenters. The van der Waals surface area contributed by atoms with Crippen LogP contribution in [0.3, 0.4) is 0 Å². The van der Waals surface area contributed by atoms with E-state index in [9.17, 15) is 4.79 Å². The van der Waals surface area contributed by atoms with Crippen molar-refractivity contribution >= 4 is 16.9 Å². The zero-order valence-corrected chi connectivity index (χ0v) is 11.6. The molecule has 21 heavy (non-hydrogen) atoms. The average Bonchev–Trinajstić information content (AvgIpc) is 2.96. The summed E-state index contributed by atoms with van der Waals surface area (Å²) in [5.41, 5.74) is 0.321. The summed E-state index contributed by atoms with van der Waals surface area (Å²) in [6.07, 6.45) is 1.51. The third-order valence-corrected chi connectivity index (χ3v) is 4.13. The zero-order chi connectivity index (χ0) is 14.3. The van der Waals surface area contributed by atoms with Crippen LogP contribution >= 0.6 is 0 Å². The molecular formula is C15H16N2O4. The molecular weight excluding hydrogens is 272 g/mol. The summed E-state index contributed by atoms with van der Waals surface area (Å²) in [5.74, 6) is -0.437. The van der Waals surface area contributed by atoms with E-state index in [0.29, 0.717) is 43.2 Å². The summed E-state index contributed by atoms with van der Waals surface area (Å²) in [7, 11) is 0. The zero-order valence-electron chi connectivity index (χ0n) is 11.6. The lowest BCUT2D eigenvalue weighted by atomic mass is 10.0. The van der Waals surface area contributed by atoms with E-state index < -0.39 is 5.79 Å². The van der Waals surface area contributed by atoms with Gasteiger partial charge in [-0.3, -0.25) is 0 Å². The Morgan fingerprint density at radius 2 is 1.81 bits per heavy atom. The fourth-order valence-corrected chi connectivity index (χ4v) is 2.97. The first kappa shape index (κ1) is 12.8. The van der Waals surface area contributed by atoms with Crippen LogP contribution in [0, 0.1) is 0 Å². The third kappa shape index (κ3) is 2.20. The maximum absolute atomic E-state index is 12.0. The van der Waals surface area contributed by atoms with Crippen molar-refractivity contribution in [3.63, 3.8) is 0 Å². The van der Waals surface area contributed by atoms with Crippen molar-refractivity contribution in [2.45, 2.75) is 18.6 Å². The number of ether oxygens (including phenoxy) is 2. The number of anilines is 1. The smallest absolute Gasteiger partial charge is 0.348 e. The van der Waals surface area contributed by atoms with Gasteiger partial charge >= 0.3 is 11.6 Å². The highest BCUT2D eigenvalue weighted by atomic mass is 16.7. The van der Waals surface area contributed by atoms with Crippen molar-refractivity contribution in [1.29, 1.82) is 0 Å². The highest BCUT2D eigenvalue weighted by Gasteiger charge is 2.40. The van der Waals surface area contributed by atoms with E-state index in [-0.39, 0.29) is 5.63 Å². The minimum atomic E-state index is -0.437. The van der Waals surface area contributed by atoms with Crippen LogP contribution in [0.2, 0.25) is 0 Å². The Balaban J connectivity index is 1.61. The molecule has 2 fully saturated rings. The fraction of sp³-hybridized carbons (Fsp3) is 0.467. The Hall–Kier alpha value is -1.92. The highest BCUT2D eigenvalue weighted by molar-refractivity contribution is 5.77. The molecule has 110 valence electrons. The Morgan fingerprint density at radius 3 is 2.57 bits per heavy atom. The normalized spacial score (nSPS) is 21.2. The van der Waals surface area contributed by atoms with Crippen LogP contribution in [0.5, 0.6) is 0 Å². The predicted molar refractivity (Wildman–Crippen MR) is 76.4 cm³/mol. The SMILES string of the molecule is O=c1oc(N2CCC3(CC2)OCCO3)nc2ccccc12. The largest absolute Gasteiger partial charge is 0.389 e. The Morgan fingerprint density at radius 1 is 1.10 bits per heavy atom. The van der Waals surface area contributed by atoms with Gasteiger partial charge in [-0.05, 0) is 12.1 Å². The summed E-state index contributed by atoms with van der Waals surface area (Å²) >= 11 is 0. The average molecular weight is 288 g/mol. The number of para-hydroxylation sites is 1. The van der Waals surface area contributed by atoms with Crippen molar-refractivity contribution in [2.75, 3.05) is 31.2 Å². The molecule has 2 aliphatic heterocycles. The van der Waals surface area contributed by atoms with Gasteiger partial charge in [-0.1, -0.05) is 12.1 Å². The first-order valence-electron chi connectivity index (χ1n) is 7.19. The maximum atomic E-state index is 12.0. The van der Waals surface area contributed by atoms with E-state index in [2.05, 4.69) is 4.98 Å². The Labute approximate surface area is 121 Å². The molecule has 3 heterocycles. The lowest BCUT2D eigenvalue weighted by molar-refractivity contribution is -0.169. The van der Waals surface area contributed by atoms with Gasteiger partial charge < -0.3 is 18.8 Å². The summed E-state index contributed by atoms with van der Waals surface area (Å²) in [4.78, 5) is 18.4. The van der Waals surface area contributed by atoms with Crippen molar-refractivity contribution in [1.82, 2.24) is 4.98 Å². The molecule has 0 saturated carbocycles. The van der Waals surface area contributed by atoms with Crippen LogP contribution in [0.15, 0.2) is 33.5 Å². The van der Waals surface area contributed by atoms with Crippen molar-refractivity contribution in [2.24, 2.45) is 0 Å². The minimum Gasteiger partial charge on any atom is -0.389 e. The van der Waals surface area contributed by atoms with Gasteiger partial charge in [0, 0.05) is 25.9 Å². The van der Waals surface area contributed by atoms with E-state index in [1.54, 1.807) is 12.1 Å². The number of piperidine rings is 1. The second-order valence-electron chi connectivity index (χ2n) is 5.40. The number of benzene rings is 1. The lowest BCUT2D eigenvalue weighted by Gasteiger charge is -2.37. The van der Waals surface area contributed by atoms with E-state index >= 15 is 0 Å². The van der Waals surface area contributed by atoms with Crippen LogP contribution in [-0.4, -0.2) is 37.1 Å². The quantitative estimate of drug-likeness (QED) is 0.793. The van der Waals surface area contributed by atoms with Crippen LogP contribution in [-0.2, 0) is 9.47 Å². The van der Waals surface area contributed by atoms with Gasteiger partial charge in [-0.25, -0.2) is 4.79 Å². The second-order valence-corrected chi connectivity index (χ2v) is 5.40. The van der Waals surface area contributed by atoms with Gasteiger partial charge in [-0.2, -0.15) is 4.98 Å². The molecule has 2 aromatic rings. The van der Waals surface area contributed by atoms with E-state index in [1.807, 2.05) is 17.0 Å². The molecule has 0 bridgehead atoms. The summed E-state index contributed by atoms with van der Waals surface area (Å²) in [6.45, 7) is 2.72. The number of aromatic nitrogens is 1. The van der Waals surface area contributed by atoms with Crippen molar-refractivity contribution in [3.8, 4) is 0 Å². The van der Waals surface area contributed by atoms with Gasteiger partial charge in [0.2, 0.25) is 0 Å². The standard InChI is InChI=1S/C15H16N2O4/c18-13-11-3-1-2-4-12(11)16-14(21-13)17-7-5-15(6-8-17)19-9-10-20-15/h1-4H,5-10H2. The number of hydrogen-bond acceptors (Lipinski definition) is 6. The summed E-state index contributed by atoms with van der Waals surface area (Å²) in [5, 5.41) is 0.511. The molecule has 2 saturated heterocycles. The summed E-state index contributed by atoms with van der Waals surface area (Å²) in [6, 6.07) is 7.60. The minimum absolute atomic E-state index is 0.343. The number of hydrogen-bond donors (Lipinski definition) is 0. The molecule has 1 aromatic heterocycles. The molecule has 0 aliphatic carbocycles. The number of rotatable bonds is 1. The predicted octanol–water partition coefficient (Wildman–Crippen LogP) is 1.53. The van der Waals surface area contributed by atoms with E-state index in [0.717, 1.165) is 12.8 Å². The van der Waals surface area contributed by atoms with Crippen LogP contribution in [0.25, 0.3) is 10.9 Å². The van der Waals surface area contributed by atoms with Crippen molar-refractivity contribution < 1.29 is 13.9 Å². The Bertz CT molecular complexity index is 711. The van der Waals surface area contributed by atoms with Gasteiger partial charge in [-0.15, -0.1) is 0 Å². The molecule has 4 rings (SSSR count). The van der Waals surface area contributed by atoms with Gasteiger partial charge in [0.15, 0.2) is 5.79 Å². The fourth-order valence-electron chi connectivity index (χ4n) is 2.97. The maximum Gasteiger partial charge on any atom is 0.348 e. The molecule has 6 heteroatoms. The first-order chi connectivity index (χ1) is 10.3. The lowest BCUT2D eigenvalue weighted by Crippen LogP contribution is -2.45. The molecule has 0 N–H and O–H groups in total. The number of fused-ring (bicyclic) bond motifs is 1. The molecule has 0 amide bonds. The first-order valence-corrected chi connectivity index (χ1v) is 7.19. The monoisotopic (exact) mass is 288 g/mol. The van der Waals surface area contributed by atoms with Crippen LogP contribution < -0.4 is 10.5 Å².